The maximum Gasteiger partial charge on any atom is 0.285 e. The third-order valence-corrected chi connectivity index (χ3v) is 5.93. The number of halogens is 2. The second-order valence-electron chi connectivity index (χ2n) is 7.43. The molecular weight excluding hydrogens is 636 g/mol. The van der Waals surface area contributed by atoms with E-state index >= 15 is 0 Å². The van der Waals surface area contributed by atoms with Gasteiger partial charge in [0.15, 0.2) is 23.0 Å². The van der Waals surface area contributed by atoms with E-state index in [-0.39, 0.29) is 18.5 Å². The zero-order valence-corrected chi connectivity index (χ0v) is 24.9. The number of ether oxygens (including phenoxy) is 4. The smallest absolute Gasteiger partial charge is 0.285 e. The van der Waals surface area contributed by atoms with E-state index < -0.39 is 0 Å². The van der Waals surface area contributed by atoms with Crippen molar-refractivity contribution in [1.82, 2.24) is 20.0 Å². The molecule has 0 aliphatic rings. The van der Waals surface area contributed by atoms with Crippen LogP contribution in [0.15, 0.2) is 73.1 Å². The predicted molar refractivity (Wildman–Crippen MR) is 159 cm³/mol. The molecule has 4 aromatic rings. The van der Waals surface area contributed by atoms with Gasteiger partial charge in [0.05, 0.1) is 54.5 Å². The molecule has 0 unspecified atom stereocenters. The van der Waals surface area contributed by atoms with E-state index in [0.717, 1.165) is 22.9 Å². The van der Waals surface area contributed by atoms with Crippen LogP contribution in [0.5, 0.6) is 23.0 Å². The second-order valence-corrected chi connectivity index (χ2v) is 9.14. The van der Waals surface area contributed by atoms with Crippen molar-refractivity contribution in [2.24, 2.45) is 0 Å². The average Bonchev–Trinajstić information content (AvgIpc) is 2.93. The number of aryl methyl sites for hydroxylation is 2. The van der Waals surface area contributed by atoms with Gasteiger partial charge in [0.1, 0.15) is 0 Å². The number of aromatic amines is 1. The number of para-hydroxylation sites is 2. The van der Waals surface area contributed by atoms with Crippen LogP contribution < -0.4 is 30.1 Å². The van der Waals surface area contributed by atoms with Gasteiger partial charge < -0.3 is 18.9 Å². The minimum atomic E-state index is -0.224. The van der Waals surface area contributed by atoms with Gasteiger partial charge in [0.2, 0.25) is 0 Å². The first-order valence-electron chi connectivity index (χ1n) is 11.0. The minimum absolute atomic E-state index is 0. The number of H-pyrrole nitrogens is 1. The zero-order chi connectivity index (χ0) is 28.2. The van der Waals surface area contributed by atoms with Gasteiger partial charge in [-0.25, -0.2) is 5.10 Å². The van der Waals surface area contributed by atoms with E-state index in [2.05, 4.69) is 47.2 Å². The summed E-state index contributed by atoms with van der Waals surface area (Å²) in [6.07, 6.45) is 0. The standard InChI is InChI=1S/C13H13BrN2O3.C8H10O2.C5H5BrN2O.CH4/c1-8-6-10(14)13(17)16(15-8)9-4-5-11(18-2)12(7-9)19-3;1-9-7-5-3-4-6-8(7)10-2;1-3-2-4(6)5(9)8-7-3;/h4-7H,1-3H3;3-6H,1-2H3;2H,1H3,(H,8,9);1H4. The Morgan fingerprint density at radius 3 is 1.72 bits per heavy atom. The second kappa shape index (κ2) is 16.4. The van der Waals surface area contributed by atoms with Crippen molar-refractivity contribution in [3.05, 3.63) is 95.6 Å². The van der Waals surface area contributed by atoms with E-state index in [1.807, 2.05) is 31.2 Å². The summed E-state index contributed by atoms with van der Waals surface area (Å²) >= 11 is 6.29. The van der Waals surface area contributed by atoms with Crippen LogP contribution in [0, 0.1) is 13.8 Å². The van der Waals surface area contributed by atoms with Crippen molar-refractivity contribution in [1.29, 1.82) is 0 Å². The fourth-order valence-electron chi connectivity index (χ4n) is 2.97. The summed E-state index contributed by atoms with van der Waals surface area (Å²) < 4.78 is 22.7. The SMILES string of the molecule is C.COc1ccc(-n2nc(C)cc(Br)c2=O)cc1OC.COc1ccccc1OC.Cc1cc(Br)c(=O)[nH]n1. The maximum absolute atomic E-state index is 12.1. The molecule has 0 atom stereocenters. The first kappa shape index (κ1) is 33.4. The molecule has 210 valence electrons. The number of methoxy groups -OCH3 is 4. The fraction of sp³-hybridized carbons (Fsp3) is 0.259. The molecule has 0 spiro atoms. The van der Waals surface area contributed by atoms with Gasteiger partial charge in [-0.2, -0.15) is 14.9 Å². The van der Waals surface area contributed by atoms with Gasteiger partial charge in [-0.15, -0.1) is 0 Å². The Kier molecular flexibility index (Phi) is 14.0. The Labute approximate surface area is 244 Å². The van der Waals surface area contributed by atoms with E-state index in [1.165, 1.54) is 4.68 Å². The van der Waals surface area contributed by atoms with E-state index in [0.29, 0.717) is 26.1 Å². The number of benzene rings is 2. The molecule has 39 heavy (non-hydrogen) atoms. The van der Waals surface area contributed by atoms with E-state index in [9.17, 15) is 9.59 Å². The molecule has 4 rings (SSSR count). The summed E-state index contributed by atoms with van der Waals surface area (Å²) in [6, 6.07) is 16.1. The lowest BCUT2D eigenvalue weighted by atomic mass is 10.2. The summed E-state index contributed by atoms with van der Waals surface area (Å²) in [5, 5.41) is 10.2. The van der Waals surface area contributed by atoms with Crippen LogP contribution in [-0.2, 0) is 0 Å². The van der Waals surface area contributed by atoms with Crippen LogP contribution in [0.2, 0.25) is 0 Å². The molecule has 0 amide bonds. The van der Waals surface area contributed by atoms with Crippen molar-refractivity contribution < 1.29 is 18.9 Å². The molecule has 12 heteroatoms. The topological polar surface area (TPSA) is 118 Å². The number of nitrogens with one attached hydrogen (secondary N) is 1. The Morgan fingerprint density at radius 2 is 1.23 bits per heavy atom. The summed E-state index contributed by atoms with van der Waals surface area (Å²) in [5.41, 5.74) is 1.73. The molecule has 2 aromatic heterocycles. The highest BCUT2D eigenvalue weighted by Crippen LogP contribution is 2.28. The summed E-state index contributed by atoms with van der Waals surface area (Å²) in [6.45, 7) is 3.63. The highest BCUT2D eigenvalue weighted by molar-refractivity contribution is 9.10. The summed E-state index contributed by atoms with van der Waals surface area (Å²) in [7, 11) is 6.35. The highest BCUT2D eigenvalue weighted by Gasteiger charge is 2.10. The normalized spacial score (nSPS) is 9.54. The zero-order valence-electron chi connectivity index (χ0n) is 21.7. The van der Waals surface area contributed by atoms with Gasteiger partial charge in [0, 0.05) is 6.07 Å². The van der Waals surface area contributed by atoms with Crippen LogP contribution in [0.1, 0.15) is 18.8 Å². The van der Waals surface area contributed by atoms with E-state index in [1.54, 1.807) is 65.7 Å². The number of nitrogens with zero attached hydrogens (tertiary/aromatic N) is 3. The van der Waals surface area contributed by atoms with Gasteiger partial charge in [0.25, 0.3) is 11.1 Å². The van der Waals surface area contributed by atoms with Crippen molar-refractivity contribution in [2.45, 2.75) is 21.3 Å². The third-order valence-electron chi connectivity index (χ3n) is 4.78. The van der Waals surface area contributed by atoms with Crippen LogP contribution in [0.3, 0.4) is 0 Å². The first-order valence-corrected chi connectivity index (χ1v) is 12.6. The Hall–Kier alpha value is -3.64. The van der Waals surface area contributed by atoms with Crippen LogP contribution >= 0.6 is 31.9 Å². The summed E-state index contributed by atoms with van der Waals surface area (Å²) in [4.78, 5) is 22.7. The fourth-order valence-corrected chi connectivity index (χ4v) is 3.89. The van der Waals surface area contributed by atoms with Crippen LogP contribution in [-0.4, -0.2) is 48.4 Å². The van der Waals surface area contributed by atoms with Gasteiger partial charge in [-0.3, -0.25) is 9.59 Å². The molecule has 0 aliphatic heterocycles. The molecule has 0 bridgehead atoms. The lowest BCUT2D eigenvalue weighted by Gasteiger charge is -2.11. The van der Waals surface area contributed by atoms with Gasteiger partial charge >= 0.3 is 0 Å². The molecule has 0 aliphatic carbocycles. The lowest BCUT2D eigenvalue weighted by molar-refractivity contribution is 0.354. The third kappa shape index (κ3) is 9.56. The van der Waals surface area contributed by atoms with Crippen LogP contribution in [0.25, 0.3) is 5.69 Å². The molecule has 2 heterocycles. The highest BCUT2D eigenvalue weighted by atomic mass is 79.9. The monoisotopic (exact) mass is 666 g/mol. The average molecular weight is 668 g/mol. The molecule has 0 saturated carbocycles. The van der Waals surface area contributed by atoms with Gasteiger partial charge in [-0.1, -0.05) is 19.6 Å². The first-order chi connectivity index (χ1) is 18.1. The summed E-state index contributed by atoms with van der Waals surface area (Å²) in [5.74, 6) is 2.69. The Morgan fingerprint density at radius 1 is 0.718 bits per heavy atom. The largest absolute Gasteiger partial charge is 0.493 e. The molecular formula is C27H32Br2N4O6. The molecule has 10 nitrogen and oxygen atoms in total. The van der Waals surface area contributed by atoms with Gasteiger partial charge in [-0.05, 0) is 82.1 Å². The Bertz CT molecular complexity index is 1450. The van der Waals surface area contributed by atoms with Crippen molar-refractivity contribution >= 4 is 31.9 Å². The van der Waals surface area contributed by atoms with Crippen LogP contribution in [0.4, 0.5) is 0 Å². The van der Waals surface area contributed by atoms with Crippen molar-refractivity contribution in [2.75, 3.05) is 28.4 Å². The lowest BCUT2D eigenvalue weighted by Crippen LogP contribution is -2.22. The number of rotatable bonds is 5. The predicted octanol–water partition coefficient (Wildman–Crippen LogP) is 5.50. The molecule has 0 saturated heterocycles. The number of aromatic nitrogens is 4. The molecule has 1 N–H and O–H groups in total. The quantitative estimate of drug-likeness (QED) is 0.297. The number of hydrogen-bond donors (Lipinski definition) is 1. The molecule has 2 aromatic carbocycles. The maximum atomic E-state index is 12.1. The minimum Gasteiger partial charge on any atom is -0.493 e. The molecule has 0 fully saturated rings. The Balaban J connectivity index is 0.000000321. The number of hydrogen-bond acceptors (Lipinski definition) is 8. The van der Waals surface area contributed by atoms with Crippen molar-refractivity contribution in [3.8, 4) is 28.7 Å². The molecule has 0 radical (unpaired) electrons. The van der Waals surface area contributed by atoms with E-state index in [4.69, 9.17) is 18.9 Å². The van der Waals surface area contributed by atoms with Crippen molar-refractivity contribution in [3.63, 3.8) is 0 Å².